The van der Waals surface area contributed by atoms with Crippen molar-refractivity contribution in [2.45, 2.75) is 118 Å². The van der Waals surface area contributed by atoms with Crippen molar-refractivity contribution in [3.8, 4) is 0 Å². The predicted octanol–water partition coefficient (Wildman–Crippen LogP) is 4.24. The van der Waals surface area contributed by atoms with Gasteiger partial charge in [0.1, 0.15) is 0 Å². The van der Waals surface area contributed by atoms with Gasteiger partial charge in [0.25, 0.3) is 0 Å². The molecule has 0 radical (unpaired) electrons. The Kier molecular flexibility index (Phi) is 21.8. The molecule has 0 heterocycles. The molecule has 0 aromatic rings. The van der Waals surface area contributed by atoms with Crippen molar-refractivity contribution in [2.75, 3.05) is 13.2 Å². The molecule has 16 heteroatoms. The zero-order chi connectivity index (χ0) is 30.9. The van der Waals surface area contributed by atoms with Gasteiger partial charge in [-0.25, -0.2) is 0 Å². The molecule has 0 spiro atoms. The van der Waals surface area contributed by atoms with Crippen LogP contribution in [0, 0.1) is 12.8 Å². The molecule has 0 rings (SSSR count). The summed E-state index contributed by atoms with van der Waals surface area (Å²) in [6.45, 7) is 40.7. The third-order valence-electron chi connectivity index (χ3n) is 4.00. The number of carbonyl (C=O) groups excluding carboxylic acids is 1. The Morgan fingerprint density at radius 1 is 0.615 bits per heavy atom. The minimum Gasteiger partial charge on any atom is -0.542 e. The van der Waals surface area contributed by atoms with Crippen LogP contribution in [0.2, 0.25) is 104 Å². The fraction of sp³-hybridized carbons (Fsp3) is 0.913. The summed E-state index contributed by atoms with van der Waals surface area (Å²) in [5.41, 5.74) is 0. The summed E-state index contributed by atoms with van der Waals surface area (Å²) >= 11 is 0. The van der Waals surface area contributed by atoms with Gasteiger partial charge in [0.05, 0.1) is 0 Å². The van der Waals surface area contributed by atoms with E-state index in [1.165, 1.54) is 13.2 Å². The molecule has 0 aromatic carbocycles. The van der Waals surface area contributed by atoms with Crippen LogP contribution in [0.3, 0.4) is 0 Å². The summed E-state index contributed by atoms with van der Waals surface area (Å²) in [6, 6.07) is 0.621. The second-order valence-corrected chi connectivity index (χ2v) is 41.7. The van der Waals surface area contributed by atoms with Gasteiger partial charge in [-0.3, -0.25) is 6.29 Å². The van der Waals surface area contributed by atoms with Crippen molar-refractivity contribution in [1.29, 1.82) is 0 Å². The summed E-state index contributed by atoms with van der Waals surface area (Å²) in [5, 5.41) is 0. The molecule has 230 valence electrons. The SMILES string of the molecule is C[C-]=O.[CH2-]COCC(C)C[Si](O[Si](C)(C)O[Si](C)(C)C)(O[Si](C)(C)O[Si](C)(C)C)O[Si](C)(C)O[Si](C)(C)C.[K+]. The van der Waals surface area contributed by atoms with Crippen LogP contribution in [0.15, 0.2) is 0 Å². The number of ether oxygens (including phenoxy) is 1. The molecule has 0 aliphatic rings. The summed E-state index contributed by atoms with van der Waals surface area (Å²) < 4.78 is 46.8. The third kappa shape index (κ3) is 26.6. The molecule has 0 aromatic heterocycles. The molecule has 0 fully saturated rings. The Labute approximate surface area is 292 Å². The Hall–Kier alpha value is 2.54. The van der Waals surface area contributed by atoms with Gasteiger partial charge in [0, 0.05) is 12.7 Å². The molecule has 0 aliphatic heterocycles. The molecule has 0 N–H and O–H groups in total. The molecular formula is C23H60KO8Si7-. The van der Waals surface area contributed by atoms with E-state index in [-0.39, 0.29) is 57.3 Å². The average Bonchev–Trinajstić information content (AvgIpc) is 2.51. The van der Waals surface area contributed by atoms with Crippen LogP contribution in [0.25, 0.3) is 0 Å². The Morgan fingerprint density at radius 2 is 0.872 bits per heavy atom. The van der Waals surface area contributed by atoms with Gasteiger partial charge in [0.15, 0.2) is 25.0 Å². The van der Waals surface area contributed by atoms with E-state index in [9.17, 15) is 0 Å². The van der Waals surface area contributed by atoms with Crippen molar-refractivity contribution < 1.29 is 85.6 Å². The predicted molar refractivity (Wildman–Crippen MR) is 176 cm³/mol. The maximum Gasteiger partial charge on any atom is 1.00 e. The molecule has 1 unspecified atom stereocenters. The number of hydrogen-bond acceptors (Lipinski definition) is 8. The van der Waals surface area contributed by atoms with Crippen LogP contribution in [0.4, 0.5) is 0 Å². The number of hydrogen-bond donors (Lipinski definition) is 0. The Bertz CT molecular complexity index is 619. The van der Waals surface area contributed by atoms with Crippen molar-refractivity contribution in [1.82, 2.24) is 0 Å². The quantitative estimate of drug-likeness (QED) is 0.165. The van der Waals surface area contributed by atoms with Gasteiger partial charge >= 0.3 is 85.9 Å². The standard InChI is InChI=1S/C21H57O7Si7.C2H3O.K/c1-18-22-19-21(2)20-35(26-32(12,13)23-29(3,4)5,27-33(14,15)24-30(6,7)8)28-34(16,17)25-31(9,10)11;1-2-3;/h21H,1,18-20H2,2-17H3;1H3;/q2*-1;+1. The maximum atomic E-state index is 8.68. The second kappa shape index (κ2) is 18.5. The van der Waals surface area contributed by atoms with Crippen LogP contribution in [-0.2, 0) is 34.2 Å². The van der Waals surface area contributed by atoms with E-state index in [1.807, 2.05) is 0 Å². The van der Waals surface area contributed by atoms with Gasteiger partial charge in [-0.2, -0.15) is 6.92 Å². The fourth-order valence-corrected chi connectivity index (χ4v) is 36.3. The largest absolute Gasteiger partial charge is 1.00 e. The molecule has 0 amide bonds. The molecule has 0 bridgehead atoms. The van der Waals surface area contributed by atoms with Gasteiger partial charge < -0.3 is 41.1 Å². The Balaban J connectivity index is -0.00000308. The second-order valence-electron chi connectivity index (χ2n) is 13.9. The summed E-state index contributed by atoms with van der Waals surface area (Å²) in [5.74, 6) is 0.161. The minimum absolute atomic E-state index is 0. The van der Waals surface area contributed by atoms with Gasteiger partial charge in [-0.05, 0) is 104 Å². The monoisotopic (exact) mass is 699 g/mol. The average molecular weight is 700 g/mol. The molecule has 0 aliphatic carbocycles. The molecule has 39 heavy (non-hydrogen) atoms. The fourth-order valence-electron chi connectivity index (χ4n) is 4.36. The van der Waals surface area contributed by atoms with E-state index in [1.54, 1.807) is 0 Å². The van der Waals surface area contributed by atoms with E-state index in [0.29, 0.717) is 19.3 Å². The van der Waals surface area contributed by atoms with Crippen LogP contribution >= 0.6 is 0 Å². The van der Waals surface area contributed by atoms with Gasteiger partial charge in [-0.15, -0.1) is 0 Å². The third-order valence-corrected chi connectivity index (χ3v) is 28.1. The van der Waals surface area contributed by atoms with Gasteiger partial charge in [-0.1, -0.05) is 13.5 Å². The molecule has 0 saturated heterocycles. The topological polar surface area (TPSA) is 81.7 Å². The first-order valence-corrected chi connectivity index (χ1v) is 34.1. The minimum atomic E-state index is -3.34. The first-order chi connectivity index (χ1) is 16.6. The van der Waals surface area contributed by atoms with Crippen LogP contribution in [-0.4, -0.2) is 78.9 Å². The van der Waals surface area contributed by atoms with Crippen molar-refractivity contribution in [3.63, 3.8) is 0 Å². The van der Waals surface area contributed by atoms with E-state index in [4.69, 9.17) is 34.2 Å². The number of rotatable bonds is 17. The first kappa shape index (κ1) is 46.0. The van der Waals surface area contributed by atoms with E-state index >= 15 is 0 Å². The summed E-state index contributed by atoms with van der Waals surface area (Å²) in [7, 11) is -16.8. The van der Waals surface area contributed by atoms with Crippen LogP contribution in [0.1, 0.15) is 13.8 Å². The Morgan fingerprint density at radius 3 is 1.08 bits per heavy atom. The smallest absolute Gasteiger partial charge is 0.542 e. The van der Waals surface area contributed by atoms with Crippen molar-refractivity contribution in [2.24, 2.45) is 5.92 Å². The van der Waals surface area contributed by atoms with E-state index in [2.05, 4.69) is 112 Å². The molecule has 1 atom stereocenters. The molecule has 8 nitrogen and oxygen atoms in total. The normalized spacial score (nSPS) is 14.7. The van der Waals surface area contributed by atoms with Crippen LogP contribution in [0.5, 0.6) is 0 Å². The van der Waals surface area contributed by atoms with Crippen molar-refractivity contribution in [3.05, 3.63) is 6.92 Å². The molecule has 0 saturated carbocycles. The summed E-state index contributed by atoms with van der Waals surface area (Å²) in [4.78, 5) is 8.68. The molecular weight excluding hydrogens is 640 g/mol. The zero-order valence-electron chi connectivity index (χ0n) is 28.7. The zero-order valence-corrected chi connectivity index (χ0v) is 38.8. The van der Waals surface area contributed by atoms with E-state index < -0.39 is 59.4 Å². The van der Waals surface area contributed by atoms with Crippen LogP contribution < -0.4 is 51.4 Å². The maximum absolute atomic E-state index is 8.68. The first-order valence-electron chi connectivity index (χ1n) is 13.5. The summed E-state index contributed by atoms with van der Waals surface area (Å²) in [6.07, 6.45) is 1.50. The van der Waals surface area contributed by atoms with Crippen molar-refractivity contribution >= 4 is 65.7 Å². The van der Waals surface area contributed by atoms with Gasteiger partial charge in [0.2, 0.25) is 0 Å². The van der Waals surface area contributed by atoms with E-state index in [0.717, 1.165) is 0 Å².